The maximum Gasteiger partial charge on any atom is 0.123 e. The third kappa shape index (κ3) is 4.04. The van der Waals surface area contributed by atoms with Gasteiger partial charge in [-0.2, -0.15) is 0 Å². The summed E-state index contributed by atoms with van der Waals surface area (Å²) in [4.78, 5) is 4.72. The molecule has 0 spiro atoms. The van der Waals surface area contributed by atoms with E-state index in [2.05, 4.69) is 34.9 Å². The van der Waals surface area contributed by atoms with E-state index in [-0.39, 0.29) is 6.10 Å². The van der Waals surface area contributed by atoms with Gasteiger partial charge in [0.25, 0.3) is 0 Å². The molecule has 5 nitrogen and oxygen atoms in total. The van der Waals surface area contributed by atoms with Gasteiger partial charge in [0.1, 0.15) is 17.6 Å². The second-order valence-electron chi connectivity index (χ2n) is 7.50. The molecule has 0 radical (unpaired) electrons. The first-order chi connectivity index (χ1) is 13.1. The topological polar surface area (TPSA) is 45.2 Å². The molecule has 4 rings (SSSR count). The van der Waals surface area contributed by atoms with Crippen LogP contribution in [0.1, 0.15) is 24.2 Å². The zero-order valence-corrected chi connectivity index (χ0v) is 16.1. The predicted molar refractivity (Wildman–Crippen MR) is 107 cm³/mol. The van der Waals surface area contributed by atoms with Crippen molar-refractivity contribution in [3.05, 3.63) is 53.6 Å². The van der Waals surface area contributed by atoms with E-state index in [9.17, 15) is 5.11 Å². The number of rotatable bonds is 5. The molecule has 0 unspecified atom stereocenters. The van der Waals surface area contributed by atoms with Crippen molar-refractivity contribution in [2.75, 3.05) is 44.7 Å². The average molecular weight is 368 g/mol. The Morgan fingerprint density at radius 2 is 1.96 bits per heavy atom. The second kappa shape index (κ2) is 7.79. The van der Waals surface area contributed by atoms with Crippen LogP contribution in [0.15, 0.2) is 42.5 Å². The maximum atomic E-state index is 10.7. The van der Waals surface area contributed by atoms with Gasteiger partial charge in [0.05, 0.1) is 13.2 Å². The Hall–Kier alpha value is -2.24. The number of aliphatic hydroxyl groups excluding tert-OH is 1. The Morgan fingerprint density at radius 1 is 1.15 bits per heavy atom. The third-order valence-electron chi connectivity index (χ3n) is 5.53. The number of aliphatic hydroxyl groups is 1. The van der Waals surface area contributed by atoms with Crippen molar-refractivity contribution in [1.82, 2.24) is 4.90 Å². The number of nitrogens with zero attached hydrogens (tertiary/aromatic N) is 2. The van der Waals surface area contributed by atoms with Crippen LogP contribution in [0.25, 0.3) is 0 Å². The highest BCUT2D eigenvalue weighted by molar-refractivity contribution is 5.51. The molecule has 1 N–H and O–H groups in total. The highest BCUT2D eigenvalue weighted by Gasteiger charge is 2.23. The molecular weight excluding hydrogens is 340 g/mol. The first-order valence-electron chi connectivity index (χ1n) is 9.71. The molecule has 1 saturated heterocycles. The maximum absolute atomic E-state index is 10.7. The first-order valence-corrected chi connectivity index (χ1v) is 9.71. The van der Waals surface area contributed by atoms with Crippen LogP contribution in [0.3, 0.4) is 0 Å². The minimum Gasteiger partial charge on any atom is -0.497 e. The number of anilines is 1. The molecule has 2 heterocycles. The third-order valence-corrected chi connectivity index (χ3v) is 5.53. The van der Waals surface area contributed by atoms with E-state index in [0.717, 1.165) is 49.7 Å². The molecule has 1 fully saturated rings. The number of β-amino-alcohol motifs (C(OH)–C–C–N with tert-alkyl or cyclic N) is 1. The van der Waals surface area contributed by atoms with Gasteiger partial charge in [-0.25, -0.2) is 0 Å². The van der Waals surface area contributed by atoms with Gasteiger partial charge in [-0.3, -0.25) is 4.90 Å². The summed E-state index contributed by atoms with van der Waals surface area (Å²) in [5, 5.41) is 10.7. The van der Waals surface area contributed by atoms with E-state index in [1.165, 1.54) is 11.3 Å². The molecule has 2 aromatic rings. The fourth-order valence-electron chi connectivity index (χ4n) is 4.00. The van der Waals surface area contributed by atoms with Crippen LogP contribution in [0.5, 0.6) is 11.5 Å². The van der Waals surface area contributed by atoms with E-state index < -0.39 is 6.10 Å². The number of fused-ring (bicyclic) bond motifs is 1. The fourth-order valence-corrected chi connectivity index (χ4v) is 4.00. The largest absolute Gasteiger partial charge is 0.497 e. The van der Waals surface area contributed by atoms with Crippen molar-refractivity contribution in [1.29, 1.82) is 0 Å². The Kier molecular flexibility index (Phi) is 5.23. The zero-order valence-electron chi connectivity index (χ0n) is 16.1. The Balaban J connectivity index is 1.33. The molecular formula is C22H28N2O3. The van der Waals surface area contributed by atoms with E-state index in [1.54, 1.807) is 7.11 Å². The molecule has 144 valence electrons. The van der Waals surface area contributed by atoms with Crippen LogP contribution in [-0.2, 0) is 6.42 Å². The summed E-state index contributed by atoms with van der Waals surface area (Å²) in [6.07, 6.45) is 0.696. The Morgan fingerprint density at radius 3 is 2.74 bits per heavy atom. The second-order valence-corrected chi connectivity index (χ2v) is 7.50. The smallest absolute Gasteiger partial charge is 0.123 e. The molecule has 2 aromatic carbocycles. The molecule has 0 aliphatic carbocycles. The summed E-state index contributed by atoms with van der Waals surface area (Å²) in [5.41, 5.74) is 3.39. The lowest BCUT2D eigenvalue weighted by atomic mass is 10.0. The highest BCUT2D eigenvalue weighted by Crippen LogP contribution is 2.31. The quantitative estimate of drug-likeness (QED) is 0.879. The predicted octanol–water partition coefficient (Wildman–Crippen LogP) is 2.87. The van der Waals surface area contributed by atoms with Gasteiger partial charge >= 0.3 is 0 Å². The Labute approximate surface area is 161 Å². The number of hydrogen-bond acceptors (Lipinski definition) is 5. The van der Waals surface area contributed by atoms with Gasteiger partial charge < -0.3 is 19.5 Å². The zero-order chi connectivity index (χ0) is 18.8. The first kappa shape index (κ1) is 18.1. The highest BCUT2D eigenvalue weighted by atomic mass is 16.5. The SMILES string of the molecule is COc1cccc(N2CCN(C[C@@H](O)c3ccc4c(c3)C[C@@H](C)O4)CC2)c1. The molecule has 0 aromatic heterocycles. The molecule has 0 amide bonds. The lowest BCUT2D eigenvalue weighted by Crippen LogP contribution is -2.47. The van der Waals surface area contributed by atoms with Crippen molar-refractivity contribution < 1.29 is 14.6 Å². The molecule has 5 heteroatoms. The lowest BCUT2D eigenvalue weighted by molar-refractivity contribution is 0.109. The molecule has 2 aliphatic heterocycles. The van der Waals surface area contributed by atoms with Crippen LogP contribution in [0.4, 0.5) is 5.69 Å². The van der Waals surface area contributed by atoms with E-state index in [0.29, 0.717) is 6.54 Å². The van der Waals surface area contributed by atoms with Gasteiger partial charge in [0.15, 0.2) is 0 Å². The summed E-state index contributed by atoms with van der Waals surface area (Å²) in [5.74, 6) is 1.85. The number of ether oxygens (including phenoxy) is 2. The molecule has 2 atom stereocenters. The van der Waals surface area contributed by atoms with Gasteiger partial charge in [-0.15, -0.1) is 0 Å². The van der Waals surface area contributed by atoms with Crippen molar-refractivity contribution in [3.8, 4) is 11.5 Å². The van der Waals surface area contributed by atoms with Crippen LogP contribution in [0, 0.1) is 0 Å². The van der Waals surface area contributed by atoms with E-state index in [4.69, 9.17) is 9.47 Å². The minimum atomic E-state index is -0.463. The summed E-state index contributed by atoms with van der Waals surface area (Å²) in [6, 6.07) is 14.3. The molecule has 2 aliphatic rings. The van der Waals surface area contributed by atoms with Gasteiger partial charge in [-0.1, -0.05) is 12.1 Å². The van der Waals surface area contributed by atoms with Crippen molar-refractivity contribution in [3.63, 3.8) is 0 Å². The average Bonchev–Trinajstić information content (AvgIpc) is 3.07. The fraction of sp³-hybridized carbons (Fsp3) is 0.455. The van der Waals surface area contributed by atoms with Crippen molar-refractivity contribution in [2.45, 2.75) is 25.6 Å². The summed E-state index contributed by atoms with van der Waals surface area (Å²) >= 11 is 0. The van der Waals surface area contributed by atoms with E-state index >= 15 is 0 Å². The van der Waals surface area contributed by atoms with Crippen molar-refractivity contribution in [2.24, 2.45) is 0 Å². The van der Waals surface area contributed by atoms with E-state index in [1.807, 2.05) is 24.3 Å². The summed E-state index contributed by atoms with van der Waals surface area (Å²) < 4.78 is 11.1. The van der Waals surface area contributed by atoms with Crippen molar-refractivity contribution >= 4 is 5.69 Å². The van der Waals surface area contributed by atoms with Gasteiger partial charge in [-0.05, 0) is 42.3 Å². The van der Waals surface area contributed by atoms with Crippen LogP contribution >= 0.6 is 0 Å². The number of piperazine rings is 1. The molecule has 27 heavy (non-hydrogen) atoms. The summed E-state index contributed by atoms with van der Waals surface area (Å²) in [7, 11) is 1.70. The summed E-state index contributed by atoms with van der Waals surface area (Å²) in [6.45, 7) is 6.54. The molecule has 0 bridgehead atoms. The monoisotopic (exact) mass is 368 g/mol. The van der Waals surface area contributed by atoms with Gasteiger partial charge in [0, 0.05) is 50.9 Å². The Bertz CT molecular complexity index is 787. The number of methoxy groups -OCH3 is 1. The minimum absolute atomic E-state index is 0.233. The van der Waals surface area contributed by atoms with Crippen LogP contribution in [0.2, 0.25) is 0 Å². The van der Waals surface area contributed by atoms with Gasteiger partial charge in [0.2, 0.25) is 0 Å². The lowest BCUT2D eigenvalue weighted by Gasteiger charge is -2.37. The molecule has 0 saturated carbocycles. The number of benzene rings is 2. The van der Waals surface area contributed by atoms with Crippen LogP contribution in [-0.4, -0.2) is 55.9 Å². The standard InChI is InChI=1S/C22H28N2O3/c1-16-12-18-13-17(6-7-22(18)27-16)21(25)15-23-8-10-24(11-9-23)19-4-3-5-20(14-19)26-2/h3-7,13-14,16,21,25H,8-12,15H2,1-2H3/t16-,21-/m1/s1. The normalized spacial score (nSPS) is 20.9. The van der Waals surface area contributed by atoms with Crippen LogP contribution < -0.4 is 14.4 Å². The number of hydrogen-bond donors (Lipinski definition) is 1.